The number of halogens is 4. The second-order valence-electron chi connectivity index (χ2n) is 4.79. The van der Waals surface area contributed by atoms with Gasteiger partial charge < -0.3 is 0 Å². The second-order valence-corrected chi connectivity index (χ2v) is 5.33. The highest BCUT2D eigenvalue weighted by Crippen LogP contribution is 2.33. The highest BCUT2D eigenvalue weighted by atomic mass is 35.5. The van der Waals surface area contributed by atoms with Gasteiger partial charge in [0.25, 0.3) is 0 Å². The van der Waals surface area contributed by atoms with E-state index in [-0.39, 0.29) is 23.7 Å². The molecular formula is C16H14Cl2F2. The van der Waals surface area contributed by atoms with Crippen LogP contribution in [0.3, 0.4) is 0 Å². The molecule has 0 nitrogen and oxygen atoms in total. The summed E-state index contributed by atoms with van der Waals surface area (Å²) in [5.41, 5.74) is 0.221. The van der Waals surface area contributed by atoms with Gasteiger partial charge in [-0.05, 0) is 24.1 Å². The van der Waals surface area contributed by atoms with Gasteiger partial charge in [-0.1, -0.05) is 36.4 Å². The van der Waals surface area contributed by atoms with Crippen LogP contribution in [0.5, 0.6) is 0 Å². The Balaban J connectivity index is 2.45. The Labute approximate surface area is 127 Å². The van der Waals surface area contributed by atoms with Crippen molar-refractivity contribution in [1.29, 1.82) is 0 Å². The fourth-order valence-electron chi connectivity index (χ4n) is 2.22. The van der Waals surface area contributed by atoms with E-state index >= 15 is 0 Å². The van der Waals surface area contributed by atoms with Gasteiger partial charge in [0.05, 0.1) is 0 Å². The van der Waals surface area contributed by atoms with E-state index in [9.17, 15) is 8.78 Å². The predicted molar refractivity (Wildman–Crippen MR) is 79.6 cm³/mol. The van der Waals surface area contributed by atoms with E-state index in [0.29, 0.717) is 0 Å². The number of benzene rings is 2. The molecule has 0 fully saturated rings. The minimum atomic E-state index is -0.687. The maximum absolute atomic E-state index is 13.8. The average molecular weight is 315 g/mol. The quantitative estimate of drug-likeness (QED) is 0.687. The standard InChI is InChI=1S/C16H14Cl2F2/c17-10-16(11-18,12-5-2-1-3-6-12)9-13-14(19)7-4-8-15(13)20/h1-8H,9-11H2. The zero-order valence-electron chi connectivity index (χ0n) is 10.8. The normalized spacial score (nSPS) is 11.6. The van der Waals surface area contributed by atoms with E-state index in [0.717, 1.165) is 5.56 Å². The zero-order chi connectivity index (χ0) is 14.6. The Kier molecular flexibility index (Phi) is 5.00. The molecule has 0 N–H and O–H groups in total. The molecular weight excluding hydrogens is 301 g/mol. The molecule has 2 rings (SSSR count). The Bertz CT molecular complexity index is 546. The van der Waals surface area contributed by atoms with Crippen molar-refractivity contribution in [3.8, 4) is 0 Å². The summed E-state index contributed by atoms with van der Waals surface area (Å²) in [6.45, 7) is 0. The van der Waals surface area contributed by atoms with Crippen molar-refractivity contribution in [2.24, 2.45) is 0 Å². The van der Waals surface area contributed by atoms with E-state index in [4.69, 9.17) is 23.2 Å². The fourth-order valence-corrected chi connectivity index (χ4v) is 3.00. The van der Waals surface area contributed by atoms with Crippen molar-refractivity contribution < 1.29 is 8.78 Å². The van der Waals surface area contributed by atoms with Crippen LogP contribution < -0.4 is 0 Å². The van der Waals surface area contributed by atoms with E-state index in [2.05, 4.69) is 0 Å². The topological polar surface area (TPSA) is 0 Å². The van der Waals surface area contributed by atoms with Crippen LogP contribution in [0.1, 0.15) is 11.1 Å². The highest BCUT2D eigenvalue weighted by molar-refractivity contribution is 6.22. The Morgan fingerprint density at radius 1 is 0.800 bits per heavy atom. The lowest BCUT2D eigenvalue weighted by molar-refractivity contribution is 0.483. The molecule has 0 aliphatic heterocycles. The lowest BCUT2D eigenvalue weighted by atomic mass is 9.78. The molecule has 0 heterocycles. The van der Waals surface area contributed by atoms with Gasteiger partial charge in [0.1, 0.15) is 11.6 Å². The maximum atomic E-state index is 13.8. The van der Waals surface area contributed by atoms with Crippen LogP contribution in [0.2, 0.25) is 0 Å². The van der Waals surface area contributed by atoms with Crippen LogP contribution in [0.15, 0.2) is 48.5 Å². The monoisotopic (exact) mass is 314 g/mol. The molecule has 0 aliphatic rings. The number of rotatable bonds is 5. The molecule has 0 radical (unpaired) electrons. The highest BCUT2D eigenvalue weighted by Gasteiger charge is 2.33. The predicted octanol–water partition coefficient (Wildman–Crippen LogP) is 4.92. The molecule has 0 bridgehead atoms. The lowest BCUT2D eigenvalue weighted by Gasteiger charge is -2.30. The Morgan fingerprint density at radius 3 is 1.85 bits per heavy atom. The minimum absolute atomic E-state index is 0.0256. The van der Waals surface area contributed by atoms with Gasteiger partial charge in [-0.2, -0.15) is 0 Å². The van der Waals surface area contributed by atoms with Gasteiger partial charge >= 0.3 is 0 Å². The summed E-state index contributed by atoms with van der Waals surface area (Å²) in [6.07, 6.45) is 0.127. The molecule has 0 saturated heterocycles. The van der Waals surface area contributed by atoms with Crippen LogP contribution in [-0.2, 0) is 11.8 Å². The summed E-state index contributed by atoms with van der Waals surface area (Å²) >= 11 is 12.2. The molecule has 0 saturated carbocycles. The van der Waals surface area contributed by atoms with Gasteiger partial charge in [-0.3, -0.25) is 0 Å². The summed E-state index contributed by atoms with van der Waals surface area (Å²) in [5.74, 6) is -0.760. The molecule has 0 aliphatic carbocycles. The molecule has 0 aromatic heterocycles. The third-order valence-corrected chi connectivity index (χ3v) is 4.50. The van der Waals surface area contributed by atoms with E-state index in [1.807, 2.05) is 30.3 Å². The first-order valence-corrected chi connectivity index (χ1v) is 7.30. The number of hydrogen-bond donors (Lipinski definition) is 0. The van der Waals surface area contributed by atoms with Crippen LogP contribution in [0.25, 0.3) is 0 Å². The van der Waals surface area contributed by atoms with Crippen LogP contribution >= 0.6 is 23.2 Å². The van der Waals surface area contributed by atoms with E-state index in [1.165, 1.54) is 18.2 Å². The zero-order valence-corrected chi connectivity index (χ0v) is 12.3. The van der Waals surface area contributed by atoms with Crippen LogP contribution in [0, 0.1) is 11.6 Å². The number of alkyl halides is 2. The molecule has 2 aromatic rings. The SMILES string of the molecule is Fc1cccc(F)c1CC(CCl)(CCl)c1ccccc1. The van der Waals surface area contributed by atoms with Crippen molar-refractivity contribution in [3.63, 3.8) is 0 Å². The van der Waals surface area contributed by atoms with E-state index in [1.54, 1.807) is 0 Å². The third kappa shape index (κ3) is 2.97. The van der Waals surface area contributed by atoms with Gasteiger partial charge in [-0.15, -0.1) is 23.2 Å². The lowest BCUT2D eigenvalue weighted by Crippen LogP contribution is -2.34. The number of hydrogen-bond acceptors (Lipinski definition) is 0. The van der Waals surface area contributed by atoms with E-state index < -0.39 is 17.0 Å². The van der Waals surface area contributed by atoms with Gasteiger partial charge in [0.15, 0.2) is 0 Å². The molecule has 20 heavy (non-hydrogen) atoms. The van der Waals surface area contributed by atoms with Crippen LogP contribution in [-0.4, -0.2) is 11.8 Å². The summed E-state index contributed by atoms with van der Waals surface area (Å²) in [6, 6.07) is 13.2. The third-order valence-electron chi connectivity index (χ3n) is 3.47. The Hall–Kier alpha value is -1.12. The summed E-state index contributed by atoms with van der Waals surface area (Å²) in [5, 5.41) is 0. The first-order valence-electron chi connectivity index (χ1n) is 6.23. The maximum Gasteiger partial charge on any atom is 0.129 e. The van der Waals surface area contributed by atoms with Crippen molar-refractivity contribution >= 4 is 23.2 Å². The summed E-state index contributed by atoms with van der Waals surface area (Å²) in [7, 11) is 0. The van der Waals surface area contributed by atoms with Crippen molar-refractivity contribution in [2.75, 3.05) is 11.8 Å². The van der Waals surface area contributed by atoms with Gasteiger partial charge in [0.2, 0.25) is 0 Å². The molecule has 106 valence electrons. The average Bonchev–Trinajstić information content (AvgIpc) is 2.49. The molecule has 0 spiro atoms. The molecule has 0 atom stereocenters. The van der Waals surface area contributed by atoms with Crippen molar-refractivity contribution in [3.05, 3.63) is 71.3 Å². The summed E-state index contributed by atoms with van der Waals surface area (Å²) in [4.78, 5) is 0. The smallest absolute Gasteiger partial charge is 0.129 e. The molecule has 0 unspecified atom stereocenters. The van der Waals surface area contributed by atoms with Crippen molar-refractivity contribution in [1.82, 2.24) is 0 Å². The van der Waals surface area contributed by atoms with Gasteiger partial charge in [-0.25, -0.2) is 8.78 Å². The Morgan fingerprint density at radius 2 is 1.35 bits per heavy atom. The largest absolute Gasteiger partial charge is 0.207 e. The fraction of sp³-hybridized carbons (Fsp3) is 0.250. The molecule has 2 aromatic carbocycles. The first kappa shape index (κ1) is 15.3. The molecule has 4 heteroatoms. The van der Waals surface area contributed by atoms with Gasteiger partial charge in [0, 0.05) is 22.7 Å². The molecule has 0 amide bonds. The second kappa shape index (κ2) is 6.55. The first-order chi connectivity index (χ1) is 9.63. The summed E-state index contributed by atoms with van der Waals surface area (Å²) < 4.78 is 27.7. The van der Waals surface area contributed by atoms with Crippen LogP contribution in [0.4, 0.5) is 8.78 Å². The minimum Gasteiger partial charge on any atom is -0.207 e. The van der Waals surface area contributed by atoms with Crippen molar-refractivity contribution in [2.45, 2.75) is 11.8 Å².